The lowest BCUT2D eigenvalue weighted by Crippen LogP contribution is -2.02. The van der Waals surface area contributed by atoms with Crippen LogP contribution in [0.1, 0.15) is 37.3 Å². The van der Waals surface area contributed by atoms with E-state index in [0.29, 0.717) is 5.92 Å². The highest BCUT2D eigenvalue weighted by atomic mass is 14.5. The summed E-state index contributed by atoms with van der Waals surface area (Å²) in [6.07, 6.45) is 2.19. The number of hydrogen-bond acceptors (Lipinski definition) is 1. The summed E-state index contributed by atoms with van der Waals surface area (Å²) in [5.74, 6) is 0.673. The molecule has 0 fully saturated rings. The molecule has 0 bridgehead atoms. The average molecular weight is 177 g/mol. The maximum atomic E-state index is 5.48. The van der Waals surface area contributed by atoms with E-state index in [1.165, 1.54) is 17.5 Å². The molecular weight excluding hydrogens is 158 g/mol. The zero-order valence-electron chi connectivity index (χ0n) is 8.59. The predicted octanol–water partition coefficient (Wildman–Crippen LogP) is 2.70. The first kappa shape index (κ1) is 10.3. The van der Waals surface area contributed by atoms with Crippen LogP contribution in [0.25, 0.3) is 0 Å². The molecule has 0 saturated heterocycles. The van der Waals surface area contributed by atoms with Crippen LogP contribution in [0.15, 0.2) is 24.3 Å². The van der Waals surface area contributed by atoms with Crippen LogP contribution >= 0.6 is 0 Å². The van der Waals surface area contributed by atoms with E-state index in [4.69, 9.17) is 5.73 Å². The van der Waals surface area contributed by atoms with Crippen molar-refractivity contribution in [2.24, 2.45) is 5.73 Å². The minimum Gasteiger partial charge on any atom is -0.330 e. The Morgan fingerprint density at radius 2 is 1.85 bits per heavy atom. The molecule has 1 heteroatoms. The first-order chi connectivity index (χ1) is 6.27. The summed E-state index contributed by atoms with van der Waals surface area (Å²) in [6.45, 7) is 5.22. The van der Waals surface area contributed by atoms with Gasteiger partial charge in [-0.25, -0.2) is 0 Å². The predicted molar refractivity (Wildman–Crippen MR) is 57.9 cm³/mol. The maximum Gasteiger partial charge on any atom is -0.00367 e. The Morgan fingerprint density at radius 3 is 2.31 bits per heavy atom. The van der Waals surface area contributed by atoms with Gasteiger partial charge in [-0.15, -0.1) is 0 Å². The average Bonchev–Trinajstić information content (AvgIpc) is 2.18. The monoisotopic (exact) mass is 177 g/mol. The molecule has 0 spiro atoms. The highest BCUT2D eigenvalue weighted by Gasteiger charge is 2.01. The van der Waals surface area contributed by atoms with E-state index in [1.807, 2.05) is 0 Å². The molecule has 72 valence electrons. The molecule has 0 aliphatic carbocycles. The Hall–Kier alpha value is -0.820. The molecular formula is C12H19N. The van der Waals surface area contributed by atoms with Gasteiger partial charge in [0.15, 0.2) is 0 Å². The second kappa shape index (κ2) is 5.03. The van der Waals surface area contributed by atoms with Gasteiger partial charge in [-0.2, -0.15) is 0 Å². The summed E-state index contributed by atoms with van der Waals surface area (Å²) in [5.41, 5.74) is 8.26. The Labute approximate surface area is 81.0 Å². The molecule has 1 aromatic carbocycles. The summed E-state index contributed by atoms with van der Waals surface area (Å²) < 4.78 is 0. The highest BCUT2D eigenvalue weighted by molar-refractivity contribution is 5.25. The number of nitrogens with two attached hydrogens (primary N) is 1. The molecule has 0 heterocycles. The van der Waals surface area contributed by atoms with Crippen molar-refractivity contribution in [3.05, 3.63) is 35.4 Å². The molecule has 13 heavy (non-hydrogen) atoms. The fourth-order valence-corrected chi connectivity index (χ4v) is 1.42. The van der Waals surface area contributed by atoms with E-state index in [-0.39, 0.29) is 0 Å². The van der Waals surface area contributed by atoms with Crippen molar-refractivity contribution in [2.45, 2.75) is 32.6 Å². The van der Waals surface area contributed by atoms with Crippen LogP contribution < -0.4 is 5.73 Å². The van der Waals surface area contributed by atoms with Crippen LogP contribution in [0.3, 0.4) is 0 Å². The molecule has 0 aliphatic rings. The molecule has 0 aromatic heterocycles. The van der Waals surface area contributed by atoms with Gasteiger partial charge in [-0.05, 0) is 36.4 Å². The van der Waals surface area contributed by atoms with Crippen LogP contribution in [-0.2, 0) is 6.42 Å². The number of hydrogen-bond donors (Lipinski definition) is 1. The normalized spacial score (nSPS) is 12.8. The van der Waals surface area contributed by atoms with Crippen molar-refractivity contribution in [1.82, 2.24) is 0 Å². The van der Waals surface area contributed by atoms with Crippen LogP contribution in [0, 0.1) is 0 Å². The molecule has 1 aromatic rings. The maximum absolute atomic E-state index is 5.48. The van der Waals surface area contributed by atoms with Gasteiger partial charge in [-0.3, -0.25) is 0 Å². The smallest absolute Gasteiger partial charge is 0.00367 e. The van der Waals surface area contributed by atoms with Crippen molar-refractivity contribution in [1.29, 1.82) is 0 Å². The third kappa shape index (κ3) is 2.85. The standard InChI is InChI=1S/C12H19N/c1-3-10(2)12-6-4-11(5-7-12)8-9-13/h4-7,10H,3,8-9,13H2,1-2H3. The minimum absolute atomic E-state index is 0.673. The van der Waals surface area contributed by atoms with Gasteiger partial charge in [0, 0.05) is 0 Å². The Balaban J connectivity index is 2.69. The molecule has 0 aliphatic heterocycles. The first-order valence-electron chi connectivity index (χ1n) is 5.06. The second-order valence-corrected chi connectivity index (χ2v) is 3.59. The Kier molecular flexibility index (Phi) is 3.97. The molecule has 0 amide bonds. The topological polar surface area (TPSA) is 26.0 Å². The molecule has 1 nitrogen and oxygen atoms in total. The summed E-state index contributed by atoms with van der Waals surface area (Å²) >= 11 is 0. The van der Waals surface area contributed by atoms with Gasteiger partial charge in [0.05, 0.1) is 0 Å². The van der Waals surface area contributed by atoms with E-state index in [1.54, 1.807) is 0 Å². The van der Waals surface area contributed by atoms with E-state index in [0.717, 1.165) is 13.0 Å². The summed E-state index contributed by atoms with van der Waals surface area (Å²) in [5, 5.41) is 0. The molecule has 0 radical (unpaired) electrons. The van der Waals surface area contributed by atoms with Gasteiger partial charge in [0.1, 0.15) is 0 Å². The number of benzene rings is 1. The molecule has 1 rings (SSSR count). The van der Waals surface area contributed by atoms with E-state index in [9.17, 15) is 0 Å². The van der Waals surface area contributed by atoms with Gasteiger partial charge < -0.3 is 5.73 Å². The van der Waals surface area contributed by atoms with Gasteiger partial charge in [0.2, 0.25) is 0 Å². The van der Waals surface area contributed by atoms with Crippen molar-refractivity contribution in [3.63, 3.8) is 0 Å². The highest BCUT2D eigenvalue weighted by Crippen LogP contribution is 2.18. The van der Waals surface area contributed by atoms with Gasteiger partial charge >= 0.3 is 0 Å². The molecule has 1 unspecified atom stereocenters. The number of rotatable bonds is 4. The van der Waals surface area contributed by atoms with E-state index in [2.05, 4.69) is 38.1 Å². The van der Waals surface area contributed by atoms with E-state index >= 15 is 0 Å². The molecule has 2 N–H and O–H groups in total. The molecule has 1 atom stereocenters. The van der Waals surface area contributed by atoms with Crippen LogP contribution in [0.5, 0.6) is 0 Å². The van der Waals surface area contributed by atoms with Gasteiger partial charge in [-0.1, -0.05) is 38.1 Å². The second-order valence-electron chi connectivity index (χ2n) is 3.59. The minimum atomic E-state index is 0.673. The quantitative estimate of drug-likeness (QED) is 0.752. The van der Waals surface area contributed by atoms with Crippen LogP contribution in [-0.4, -0.2) is 6.54 Å². The van der Waals surface area contributed by atoms with Crippen molar-refractivity contribution < 1.29 is 0 Å². The zero-order valence-corrected chi connectivity index (χ0v) is 8.59. The lowest BCUT2D eigenvalue weighted by molar-refractivity contribution is 0.733. The fraction of sp³-hybridized carbons (Fsp3) is 0.500. The largest absolute Gasteiger partial charge is 0.330 e. The lowest BCUT2D eigenvalue weighted by Gasteiger charge is -2.09. The summed E-state index contributed by atoms with van der Waals surface area (Å²) in [6, 6.07) is 8.82. The fourth-order valence-electron chi connectivity index (χ4n) is 1.42. The van der Waals surface area contributed by atoms with Gasteiger partial charge in [0.25, 0.3) is 0 Å². The SMILES string of the molecule is CCC(C)c1ccc(CCN)cc1. The Bertz CT molecular complexity index is 238. The lowest BCUT2D eigenvalue weighted by atomic mass is 9.97. The van der Waals surface area contributed by atoms with Crippen molar-refractivity contribution in [3.8, 4) is 0 Å². The van der Waals surface area contributed by atoms with Crippen LogP contribution in [0.4, 0.5) is 0 Å². The zero-order chi connectivity index (χ0) is 9.68. The van der Waals surface area contributed by atoms with E-state index < -0.39 is 0 Å². The Morgan fingerprint density at radius 1 is 1.23 bits per heavy atom. The third-order valence-electron chi connectivity index (χ3n) is 2.59. The first-order valence-corrected chi connectivity index (χ1v) is 5.06. The summed E-state index contributed by atoms with van der Waals surface area (Å²) in [4.78, 5) is 0. The van der Waals surface area contributed by atoms with Crippen molar-refractivity contribution in [2.75, 3.05) is 6.54 Å². The molecule has 0 saturated carbocycles. The third-order valence-corrected chi connectivity index (χ3v) is 2.59. The summed E-state index contributed by atoms with van der Waals surface area (Å²) in [7, 11) is 0. The van der Waals surface area contributed by atoms with Crippen LogP contribution in [0.2, 0.25) is 0 Å². The van der Waals surface area contributed by atoms with Crippen molar-refractivity contribution >= 4 is 0 Å².